The molecule has 3 aromatic heterocycles. The number of carbonyl (C=O) groups is 2. The van der Waals surface area contributed by atoms with E-state index in [0.717, 1.165) is 11.8 Å². The molecule has 10 nitrogen and oxygen atoms in total. The van der Waals surface area contributed by atoms with Gasteiger partial charge in [-0.15, -0.1) is 10.2 Å². The van der Waals surface area contributed by atoms with Crippen molar-refractivity contribution in [1.82, 2.24) is 20.7 Å². The Hall–Kier alpha value is -3.08. The quantitative estimate of drug-likeness (QED) is 0.600. The second kappa shape index (κ2) is 7.66. The third kappa shape index (κ3) is 4.70. The summed E-state index contributed by atoms with van der Waals surface area (Å²) in [4.78, 5) is 23.5. The smallest absolute Gasteiger partial charge is 0.287 e. The van der Waals surface area contributed by atoms with E-state index in [2.05, 4.69) is 26.0 Å². The van der Waals surface area contributed by atoms with Gasteiger partial charge in [-0.1, -0.05) is 16.9 Å². The molecule has 11 heteroatoms. The molecular weight excluding hydrogens is 350 g/mol. The maximum atomic E-state index is 11.8. The zero-order valence-electron chi connectivity index (χ0n) is 13.0. The van der Waals surface area contributed by atoms with Crippen molar-refractivity contribution < 1.29 is 22.9 Å². The van der Waals surface area contributed by atoms with Gasteiger partial charge in [0.05, 0.1) is 18.6 Å². The van der Waals surface area contributed by atoms with E-state index in [-0.39, 0.29) is 41.0 Å². The van der Waals surface area contributed by atoms with Crippen LogP contribution in [0.15, 0.2) is 43.0 Å². The Labute approximate surface area is 145 Å². The molecule has 0 fully saturated rings. The lowest BCUT2D eigenvalue weighted by Gasteiger charge is -1.99. The van der Waals surface area contributed by atoms with Crippen molar-refractivity contribution in [3.63, 3.8) is 0 Å². The van der Waals surface area contributed by atoms with Crippen molar-refractivity contribution in [2.75, 3.05) is 11.1 Å². The predicted molar refractivity (Wildman–Crippen MR) is 84.8 cm³/mol. The Morgan fingerprint density at radius 3 is 2.92 bits per heavy atom. The van der Waals surface area contributed by atoms with Gasteiger partial charge in [0.15, 0.2) is 11.6 Å². The number of nitrogens with zero attached hydrogens (tertiary/aromatic N) is 3. The first-order valence-corrected chi connectivity index (χ1v) is 8.09. The van der Waals surface area contributed by atoms with Crippen LogP contribution in [-0.2, 0) is 11.3 Å². The first-order valence-electron chi connectivity index (χ1n) is 7.10. The fourth-order valence-electron chi connectivity index (χ4n) is 1.75. The van der Waals surface area contributed by atoms with Crippen molar-refractivity contribution in [2.24, 2.45) is 0 Å². The summed E-state index contributed by atoms with van der Waals surface area (Å²) in [7, 11) is 0. The van der Waals surface area contributed by atoms with Crippen molar-refractivity contribution in [1.29, 1.82) is 0 Å². The highest BCUT2D eigenvalue weighted by molar-refractivity contribution is 7.99. The fourth-order valence-corrected chi connectivity index (χ4v) is 2.33. The van der Waals surface area contributed by atoms with Gasteiger partial charge in [-0.2, -0.15) is 0 Å². The van der Waals surface area contributed by atoms with Crippen molar-refractivity contribution >= 4 is 29.4 Å². The molecule has 3 heterocycles. The van der Waals surface area contributed by atoms with E-state index in [9.17, 15) is 9.59 Å². The second-order valence-corrected chi connectivity index (χ2v) is 5.71. The van der Waals surface area contributed by atoms with Crippen molar-refractivity contribution in [3.8, 4) is 0 Å². The van der Waals surface area contributed by atoms with Crippen molar-refractivity contribution in [3.05, 3.63) is 41.9 Å². The first kappa shape index (κ1) is 16.8. The summed E-state index contributed by atoms with van der Waals surface area (Å²) in [6.45, 7) is 1.78. The van der Waals surface area contributed by atoms with Gasteiger partial charge in [0.2, 0.25) is 11.8 Å². The fraction of sp³-hybridized carbons (Fsp3) is 0.214. The summed E-state index contributed by atoms with van der Waals surface area (Å²) in [5, 5.41) is 16.6. The highest BCUT2D eigenvalue weighted by atomic mass is 32.2. The Morgan fingerprint density at radius 1 is 1.32 bits per heavy atom. The number of thioether (sulfide) groups is 1. The molecule has 2 amide bonds. The van der Waals surface area contributed by atoms with Gasteiger partial charge in [0.25, 0.3) is 11.1 Å². The molecule has 130 valence electrons. The van der Waals surface area contributed by atoms with E-state index in [1.807, 2.05) is 0 Å². The molecule has 0 radical (unpaired) electrons. The van der Waals surface area contributed by atoms with E-state index in [1.165, 1.54) is 6.26 Å². The molecule has 0 saturated carbocycles. The molecule has 2 N–H and O–H groups in total. The number of hydrogen-bond acceptors (Lipinski definition) is 9. The van der Waals surface area contributed by atoms with E-state index < -0.39 is 0 Å². The first-order chi connectivity index (χ1) is 12.1. The normalized spacial score (nSPS) is 10.6. The van der Waals surface area contributed by atoms with E-state index >= 15 is 0 Å². The van der Waals surface area contributed by atoms with E-state index in [1.54, 1.807) is 25.1 Å². The summed E-state index contributed by atoms with van der Waals surface area (Å²) in [5.41, 5.74) is 0. The third-order valence-electron chi connectivity index (χ3n) is 2.82. The van der Waals surface area contributed by atoms with Crippen LogP contribution in [0.4, 0.5) is 5.82 Å². The van der Waals surface area contributed by atoms with Gasteiger partial charge in [-0.05, 0) is 19.1 Å². The number of hydrogen-bond donors (Lipinski definition) is 2. The Balaban J connectivity index is 1.43. The Bertz CT molecular complexity index is 857. The molecule has 0 aromatic carbocycles. The molecule has 0 aliphatic heterocycles. The van der Waals surface area contributed by atoms with Gasteiger partial charge >= 0.3 is 0 Å². The lowest BCUT2D eigenvalue weighted by Crippen LogP contribution is -2.22. The van der Waals surface area contributed by atoms with E-state index in [4.69, 9.17) is 13.4 Å². The maximum Gasteiger partial charge on any atom is 0.287 e. The number of aromatic nitrogens is 3. The van der Waals surface area contributed by atoms with E-state index in [0.29, 0.717) is 11.6 Å². The zero-order valence-corrected chi connectivity index (χ0v) is 13.8. The standard InChI is InChI=1S/C14H13N5O5S/c1-8-5-10(19-24-8)16-11(20)7-25-14-18-17-12(23-14)6-15-13(21)9-3-2-4-22-9/h2-5H,6-7H2,1H3,(H,15,21)(H,16,19,20). The van der Waals surface area contributed by atoms with Gasteiger partial charge < -0.3 is 24.0 Å². The summed E-state index contributed by atoms with van der Waals surface area (Å²) in [5.74, 6) is 0.732. The monoisotopic (exact) mass is 363 g/mol. The number of aryl methyl sites for hydroxylation is 1. The van der Waals surface area contributed by atoms with Crippen LogP contribution in [0, 0.1) is 6.92 Å². The molecular formula is C14H13N5O5S. The van der Waals surface area contributed by atoms with Crippen LogP contribution < -0.4 is 10.6 Å². The zero-order chi connectivity index (χ0) is 17.6. The van der Waals surface area contributed by atoms with Gasteiger partial charge in [-0.3, -0.25) is 9.59 Å². The summed E-state index contributed by atoms with van der Waals surface area (Å²) in [6, 6.07) is 4.76. The number of carbonyl (C=O) groups excluding carboxylic acids is 2. The molecule has 0 aliphatic rings. The van der Waals surface area contributed by atoms with Crippen LogP contribution in [0.5, 0.6) is 0 Å². The van der Waals surface area contributed by atoms with Crippen LogP contribution in [0.1, 0.15) is 22.2 Å². The highest BCUT2D eigenvalue weighted by Crippen LogP contribution is 2.16. The lowest BCUT2D eigenvalue weighted by molar-refractivity contribution is -0.113. The molecule has 3 aromatic rings. The maximum absolute atomic E-state index is 11.8. The molecule has 0 spiro atoms. The molecule has 0 unspecified atom stereocenters. The van der Waals surface area contributed by atoms with Crippen molar-refractivity contribution in [2.45, 2.75) is 18.7 Å². The van der Waals surface area contributed by atoms with Crippen LogP contribution >= 0.6 is 11.8 Å². The van der Waals surface area contributed by atoms with Gasteiger partial charge in [0.1, 0.15) is 5.76 Å². The number of anilines is 1. The summed E-state index contributed by atoms with van der Waals surface area (Å²) >= 11 is 1.07. The number of nitrogens with one attached hydrogen (secondary N) is 2. The Kier molecular flexibility index (Phi) is 5.14. The summed E-state index contributed by atoms with van der Waals surface area (Å²) in [6.07, 6.45) is 1.40. The number of amides is 2. The minimum atomic E-state index is -0.389. The van der Waals surface area contributed by atoms with Crippen LogP contribution in [0.2, 0.25) is 0 Å². The average Bonchev–Trinajstić information content (AvgIpc) is 3.33. The van der Waals surface area contributed by atoms with Crippen LogP contribution in [0.3, 0.4) is 0 Å². The largest absolute Gasteiger partial charge is 0.459 e. The van der Waals surface area contributed by atoms with Gasteiger partial charge in [0, 0.05) is 6.07 Å². The SMILES string of the molecule is Cc1cc(NC(=O)CSc2nnc(CNC(=O)c3ccco3)o2)no1. The molecule has 25 heavy (non-hydrogen) atoms. The summed E-state index contributed by atoms with van der Waals surface area (Å²) < 4.78 is 15.2. The predicted octanol–water partition coefficient (Wildman–Crippen LogP) is 1.62. The average molecular weight is 363 g/mol. The Morgan fingerprint density at radius 2 is 2.20 bits per heavy atom. The minimum absolute atomic E-state index is 0.0531. The molecule has 0 atom stereocenters. The van der Waals surface area contributed by atoms with Crippen LogP contribution in [-0.4, -0.2) is 32.9 Å². The third-order valence-corrected chi connectivity index (χ3v) is 3.63. The number of rotatable bonds is 7. The molecule has 0 bridgehead atoms. The molecule has 3 rings (SSSR count). The highest BCUT2D eigenvalue weighted by Gasteiger charge is 2.13. The lowest BCUT2D eigenvalue weighted by atomic mass is 10.4. The molecule has 0 saturated heterocycles. The topological polar surface area (TPSA) is 136 Å². The second-order valence-electron chi connectivity index (χ2n) is 4.78. The van der Waals surface area contributed by atoms with Gasteiger partial charge in [-0.25, -0.2) is 0 Å². The minimum Gasteiger partial charge on any atom is -0.459 e. The molecule has 0 aliphatic carbocycles. The van der Waals surface area contributed by atoms with Crippen LogP contribution in [0.25, 0.3) is 0 Å². The number of furan rings is 1.